The lowest BCUT2D eigenvalue weighted by Crippen LogP contribution is -2.18. The first-order valence-electron chi connectivity index (χ1n) is 8.95. The molecule has 1 amide bonds. The molecule has 7 heteroatoms. The molecule has 0 bridgehead atoms. The van der Waals surface area contributed by atoms with Gasteiger partial charge in [-0.3, -0.25) is 9.59 Å². The molecule has 29 heavy (non-hydrogen) atoms. The van der Waals surface area contributed by atoms with Gasteiger partial charge in [0.25, 0.3) is 11.5 Å². The normalized spacial score (nSPS) is 10.7. The van der Waals surface area contributed by atoms with Crippen molar-refractivity contribution in [3.8, 4) is 5.69 Å². The number of aromatic nitrogens is 3. The fourth-order valence-corrected chi connectivity index (χ4v) is 3.18. The SMILES string of the molecule is O=C(Nc1ccc(Cn2ccccc2=O)cc1)c1ccc(-n2cc(Br)cn2)cc1. The van der Waals surface area contributed by atoms with E-state index in [1.165, 1.54) is 6.07 Å². The molecule has 4 rings (SSSR count). The molecule has 2 aromatic carbocycles. The maximum Gasteiger partial charge on any atom is 0.255 e. The lowest BCUT2D eigenvalue weighted by Gasteiger charge is -2.09. The second-order valence-corrected chi connectivity index (χ2v) is 7.38. The number of carbonyl (C=O) groups is 1. The summed E-state index contributed by atoms with van der Waals surface area (Å²) in [6.45, 7) is 0.485. The van der Waals surface area contributed by atoms with E-state index in [0.717, 1.165) is 15.7 Å². The highest BCUT2D eigenvalue weighted by atomic mass is 79.9. The zero-order valence-corrected chi connectivity index (χ0v) is 16.9. The van der Waals surface area contributed by atoms with Crippen LogP contribution in [0.1, 0.15) is 15.9 Å². The summed E-state index contributed by atoms with van der Waals surface area (Å²) in [7, 11) is 0. The van der Waals surface area contributed by atoms with Gasteiger partial charge >= 0.3 is 0 Å². The highest BCUT2D eigenvalue weighted by Crippen LogP contribution is 2.15. The molecule has 0 aliphatic heterocycles. The third kappa shape index (κ3) is 4.52. The number of benzene rings is 2. The minimum absolute atomic E-state index is 0.0456. The molecule has 0 radical (unpaired) electrons. The van der Waals surface area contributed by atoms with Crippen LogP contribution in [0.25, 0.3) is 5.69 Å². The lowest BCUT2D eigenvalue weighted by atomic mass is 10.1. The third-order valence-corrected chi connectivity index (χ3v) is 4.82. The summed E-state index contributed by atoms with van der Waals surface area (Å²) >= 11 is 3.37. The largest absolute Gasteiger partial charge is 0.322 e. The summed E-state index contributed by atoms with van der Waals surface area (Å²) < 4.78 is 4.25. The number of amides is 1. The van der Waals surface area contributed by atoms with Crippen LogP contribution in [0.15, 0.2) is 94.6 Å². The summed E-state index contributed by atoms with van der Waals surface area (Å²) in [4.78, 5) is 24.3. The van der Waals surface area contributed by atoms with Gasteiger partial charge in [0.1, 0.15) is 0 Å². The molecular formula is C22H17BrN4O2. The van der Waals surface area contributed by atoms with Gasteiger partial charge in [0, 0.05) is 29.7 Å². The molecule has 2 aromatic heterocycles. The molecule has 0 aliphatic carbocycles. The van der Waals surface area contributed by atoms with Crippen LogP contribution in [0.5, 0.6) is 0 Å². The van der Waals surface area contributed by atoms with E-state index in [4.69, 9.17) is 0 Å². The van der Waals surface area contributed by atoms with Crippen LogP contribution >= 0.6 is 15.9 Å². The number of halogens is 1. The standard InChI is InChI=1S/C22H17BrN4O2/c23-18-13-24-27(15-18)20-10-6-17(7-11-20)22(29)25-19-8-4-16(5-9-19)14-26-12-2-1-3-21(26)28/h1-13,15H,14H2,(H,25,29). The van der Waals surface area contributed by atoms with Crippen LogP contribution in [0, 0.1) is 0 Å². The van der Waals surface area contributed by atoms with E-state index >= 15 is 0 Å². The summed E-state index contributed by atoms with van der Waals surface area (Å²) in [5.74, 6) is -0.190. The average molecular weight is 449 g/mol. The molecule has 0 fully saturated rings. The molecule has 0 atom stereocenters. The molecule has 0 unspecified atom stereocenters. The molecule has 6 nitrogen and oxygen atoms in total. The Hall–Kier alpha value is -3.45. The molecule has 4 aromatic rings. The maximum absolute atomic E-state index is 12.5. The Bertz CT molecular complexity index is 1190. The molecular weight excluding hydrogens is 432 g/mol. The van der Waals surface area contributed by atoms with E-state index in [9.17, 15) is 9.59 Å². The van der Waals surface area contributed by atoms with E-state index in [2.05, 4.69) is 26.3 Å². The zero-order chi connectivity index (χ0) is 20.2. The van der Waals surface area contributed by atoms with Crippen molar-refractivity contribution < 1.29 is 4.79 Å². The topological polar surface area (TPSA) is 68.9 Å². The van der Waals surface area contributed by atoms with Crippen LogP contribution in [0.2, 0.25) is 0 Å². The van der Waals surface area contributed by atoms with Crippen molar-refractivity contribution in [1.29, 1.82) is 0 Å². The van der Waals surface area contributed by atoms with Crippen molar-refractivity contribution in [2.45, 2.75) is 6.54 Å². The van der Waals surface area contributed by atoms with Crippen molar-refractivity contribution in [3.05, 3.63) is 111 Å². The molecule has 0 saturated heterocycles. The Morgan fingerprint density at radius 2 is 1.76 bits per heavy atom. The highest BCUT2D eigenvalue weighted by molar-refractivity contribution is 9.10. The van der Waals surface area contributed by atoms with Gasteiger partial charge in [-0.2, -0.15) is 5.10 Å². The van der Waals surface area contributed by atoms with Crippen molar-refractivity contribution >= 4 is 27.5 Å². The van der Waals surface area contributed by atoms with Crippen molar-refractivity contribution in [2.24, 2.45) is 0 Å². The molecule has 0 saturated carbocycles. The van der Waals surface area contributed by atoms with E-state index in [0.29, 0.717) is 17.8 Å². The first-order chi connectivity index (χ1) is 14.1. The van der Waals surface area contributed by atoms with Gasteiger partial charge in [0.05, 0.1) is 22.9 Å². The van der Waals surface area contributed by atoms with Gasteiger partial charge in [-0.15, -0.1) is 0 Å². The van der Waals surface area contributed by atoms with E-state index in [1.807, 2.05) is 48.7 Å². The third-order valence-electron chi connectivity index (χ3n) is 4.41. The predicted octanol–water partition coefficient (Wildman–Crippen LogP) is 4.10. The van der Waals surface area contributed by atoms with Crippen LogP contribution in [0.3, 0.4) is 0 Å². The van der Waals surface area contributed by atoms with Crippen LogP contribution in [-0.2, 0) is 6.54 Å². The van der Waals surface area contributed by atoms with Gasteiger partial charge in [0.2, 0.25) is 0 Å². The summed E-state index contributed by atoms with van der Waals surface area (Å²) in [5.41, 5.74) is 3.05. The number of nitrogens with zero attached hydrogens (tertiary/aromatic N) is 3. The van der Waals surface area contributed by atoms with E-state index in [1.54, 1.807) is 39.8 Å². The Morgan fingerprint density at radius 3 is 2.41 bits per heavy atom. The van der Waals surface area contributed by atoms with E-state index in [-0.39, 0.29) is 11.5 Å². The first-order valence-corrected chi connectivity index (χ1v) is 9.74. The van der Waals surface area contributed by atoms with Crippen LogP contribution in [0.4, 0.5) is 5.69 Å². The number of carbonyl (C=O) groups excluding carboxylic acids is 1. The Balaban J connectivity index is 1.42. The molecule has 144 valence electrons. The number of hydrogen-bond donors (Lipinski definition) is 1. The molecule has 1 N–H and O–H groups in total. The number of hydrogen-bond acceptors (Lipinski definition) is 3. The van der Waals surface area contributed by atoms with Crippen molar-refractivity contribution in [2.75, 3.05) is 5.32 Å². The minimum atomic E-state index is -0.190. The first kappa shape index (κ1) is 18.9. The van der Waals surface area contributed by atoms with Gasteiger partial charge in [-0.05, 0) is 64.0 Å². The summed E-state index contributed by atoms with van der Waals surface area (Å²) in [6.07, 6.45) is 5.31. The second-order valence-electron chi connectivity index (χ2n) is 6.47. The van der Waals surface area contributed by atoms with E-state index < -0.39 is 0 Å². The lowest BCUT2D eigenvalue weighted by molar-refractivity contribution is 0.102. The number of rotatable bonds is 5. The van der Waals surface area contributed by atoms with Crippen LogP contribution in [-0.4, -0.2) is 20.3 Å². The predicted molar refractivity (Wildman–Crippen MR) is 115 cm³/mol. The average Bonchev–Trinajstić information content (AvgIpc) is 3.17. The second kappa shape index (κ2) is 8.28. The smallest absolute Gasteiger partial charge is 0.255 e. The van der Waals surface area contributed by atoms with Gasteiger partial charge in [-0.1, -0.05) is 18.2 Å². The van der Waals surface area contributed by atoms with Gasteiger partial charge in [0.15, 0.2) is 0 Å². The minimum Gasteiger partial charge on any atom is -0.322 e. The Morgan fingerprint density at radius 1 is 1.00 bits per heavy atom. The fraction of sp³-hybridized carbons (Fsp3) is 0.0455. The number of anilines is 1. The maximum atomic E-state index is 12.5. The molecule has 0 spiro atoms. The van der Waals surface area contributed by atoms with Crippen molar-refractivity contribution in [1.82, 2.24) is 14.3 Å². The number of pyridine rings is 1. The monoisotopic (exact) mass is 448 g/mol. The summed E-state index contributed by atoms with van der Waals surface area (Å²) in [5, 5.41) is 7.11. The Labute approximate surface area is 175 Å². The molecule has 0 aliphatic rings. The van der Waals surface area contributed by atoms with Crippen molar-refractivity contribution in [3.63, 3.8) is 0 Å². The van der Waals surface area contributed by atoms with Crippen LogP contribution < -0.4 is 10.9 Å². The highest BCUT2D eigenvalue weighted by Gasteiger charge is 2.07. The summed E-state index contributed by atoms with van der Waals surface area (Å²) in [6, 6.07) is 19.7. The van der Waals surface area contributed by atoms with Gasteiger partial charge in [-0.25, -0.2) is 4.68 Å². The van der Waals surface area contributed by atoms with Gasteiger partial charge < -0.3 is 9.88 Å². The number of nitrogens with one attached hydrogen (secondary N) is 1. The zero-order valence-electron chi connectivity index (χ0n) is 15.3. The quantitative estimate of drug-likeness (QED) is 0.499. The fourth-order valence-electron chi connectivity index (χ4n) is 2.89. The molecule has 2 heterocycles. The Kier molecular flexibility index (Phi) is 5.39.